The summed E-state index contributed by atoms with van der Waals surface area (Å²) in [4.78, 5) is 27.6. The predicted octanol–water partition coefficient (Wildman–Crippen LogP) is 4.77. The first kappa shape index (κ1) is 20.5. The summed E-state index contributed by atoms with van der Waals surface area (Å²) in [5.41, 5.74) is 1.01. The lowest BCUT2D eigenvalue weighted by molar-refractivity contribution is -0.132. The number of nitrogens with zero attached hydrogens (tertiary/aromatic N) is 2. The maximum atomic E-state index is 13.2. The molecule has 0 bridgehead atoms. The van der Waals surface area contributed by atoms with Gasteiger partial charge in [-0.1, -0.05) is 53.7 Å². The van der Waals surface area contributed by atoms with Gasteiger partial charge >= 0.3 is 5.91 Å². The van der Waals surface area contributed by atoms with E-state index in [1.54, 1.807) is 49.4 Å². The molecule has 2 heterocycles. The Bertz CT molecular complexity index is 1440. The number of aliphatic hydroxyl groups is 1. The van der Waals surface area contributed by atoms with Gasteiger partial charge in [0.2, 0.25) is 0 Å². The zero-order chi connectivity index (χ0) is 23.1. The van der Waals surface area contributed by atoms with E-state index < -0.39 is 17.7 Å². The molecule has 5 rings (SSSR count). The third-order valence-corrected chi connectivity index (χ3v) is 5.74. The molecule has 1 aliphatic rings. The Hall–Kier alpha value is -4.39. The maximum absolute atomic E-state index is 13.2. The van der Waals surface area contributed by atoms with Crippen LogP contribution in [-0.2, 0) is 9.59 Å². The summed E-state index contributed by atoms with van der Waals surface area (Å²) in [6.07, 6.45) is 0. The van der Waals surface area contributed by atoms with Gasteiger partial charge in [0.05, 0.1) is 18.7 Å². The number of Topliss-reactive ketones (excluding diaryl/α,β-unsaturated/α-hetero) is 1. The molecule has 1 fully saturated rings. The van der Waals surface area contributed by atoms with Gasteiger partial charge in [0.1, 0.15) is 17.3 Å². The van der Waals surface area contributed by atoms with Crippen molar-refractivity contribution in [3.05, 3.63) is 95.3 Å². The number of ether oxygens (including phenoxy) is 1. The van der Waals surface area contributed by atoms with Crippen molar-refractivity contribution in [1.82, 2.24) is 5.16 Å². The summed E-state index contributed by atoms with van der Waals surface area (Å²) in [6.45, 7) is 1.70. The highest BCUT2D eigenvalue weighted by atomic mass is 16.5. The van der Waals surface area contributed by atoms with Crippen LogP contribution in [0.4, 0.5) is 5.82 Å². The number of aryl methyl sites for hydroxylation is 1. The Labute approximate surface area is 189 Å². The summed E-state index contributed by atoms with van der Waals surface area (Å²) < 4.78 is 10.5. The average Bonchev–Trinajstić information content (AvgIpc) is 3.38. The number of carbonyl (C=O) groups is 2. The number of benzene rings is 3. The molecule has 33 heavy (non-hydrogen) atoms. The standard InChI is InChI=1S/C26H20N2O5/c1-15-12-21(27-33-15)28-23(18-8-5-9-20(14-18)32-2)22(25(30)26(28)31)24(29)19-11-10-16-6-3-4-7-17(16)13-19/h3-14,23,29H,1-2H3/b24-22+/t23-/m0/s1. The third kappa shape index (κ3) is 3.43. The Morgan fingerprint density at radius 2 is 1.79 bits per heavy atom. The second-order valence-corrected chi connectivity index (χ2v) is 7.80. The van der Waals surface area contributed by atoms with Crippen LogP contribution in [0.2, 0.25) is 0 Å². The molecule has 0 radical (unpaired) electrons. The quantitative estimate of drug-likeness (QED) is 0.279. The minimum Gasteiger partial charge on any atom is -0.507 e. The van der Waals surface area contributed by atoms with Crippen LogP contribution in [0.5, 0.6) is 5.75 Å². The van der Waals surface area contributed by atoms with Crippen LogP contribution in [0.25, 0.3) is 16.5 Å². The number of aromatic nitrogens is 1. The van der Waals surface area contributed by atoms with Crippen molar-refractivity contribution < 1.29 is 24.0 Å². The monoisotopic (exact) mass is 440 g/mol. The van der Waals surface area contributed by atoms with E-state index in [9.17, 15) is 14.7 Å². The molecule has 0 saturated carbocycles. The van der Waals surface area contributed by atoms with Crippen molar-refractivity contribution in [2.24, 2.45) is 0 Å². The predicted molar refractivity (Wildman–Crippen MR) is 123 cm³/mol. The number of aliphatic hydroxyl groups excluding tert-OH is 1. The van der Waals surface area contributed by atoms with Crippen molar-refractivity contribution in [1.29, 1.82) is 0 Å². The molecule has 1 amide bonds. The van der Waals surface area contributed by atoms with E-state index >= 15 is 0 Å². The smallest absolute Gasteiger partial charge is 0.301 e. The summed E-state index contributed by atoms with van der Waals surface area (Å²) in [7, 11) is 1.53. The number of rotatable bonds is 4. The van der Waals surface area contributed by atoms with Crippen LogP contribution in [0, 0.1) is 6.92 Å². The lowest BCUT2D eigenvalue weighted by atomic mass is 9.94. The number of anilines is 1. The molecule has 7 nitrogen and oxygen atoms in total. The van der Waals surface area contributed by atoms with E-state index in [4.69, 9.17) is 9.26 Å². The van der Waals surface area contributed by atoms with Gasteiger partial charge in [0.25, 0.3) is 5.78 Å². The van der Waals surface area contributed by atoms with Crippen molar-refractivity contribution in [2.75, 3.05) is 12.0 Å². The number of ketones is 1. The molecule has 0 spiro atoms. The highest BCUT2D eigenvalue weighted by molar-refractivity contribution is 6.51. The Balaban J connectivity index is 1.73. The number of methoxy groups -OCH3 is 1. The van der Waals surface area contributed by atoms with Crippen molar-refractivity contribution in [2.45, 2.75) is 13.0 Å². The highest BCUT2D eigenvalue weighted by Crippen LogP contribution is 2.42. The minimum absolute atomic E-state index is 0.0239. The Kier molecular flexibility index (Phi) is 4.94. The van der Waals surface area contributed by atoms with Crippen LogP contribution in [0.15, 0.2) is 82.9 Å². The van der Waals surface area contributed by atoms with Crippen LogP contribution >= 0.6 is 0 Å². The lowest BCUT2D eigenvalue weighted by Crippen LogP contribution is -2.29. The Morgan fingerprint density at radius 1 is 1.00 bits per heavy atom. The molecule has 3 aromatic carbocycles. The molecule has 0 unspecified atom stereocenters. The minimum atomic E-state index is -0.906. The third-order valence-electron chi connectivity index (χ3n) is 5.74. The molecule has 1 saturated heterocycles. The van der Waals surface area contributed by atoms with Crippen LogP contribution in [0.3, 0.4) is 0 Å². The van der Waals surface area contributed by atoms with E-state index in [-0.39, 0.29) is 17.2 Å². The van der Waals surface area contributed by atoms with E-state index in [1.165, 1.54) is 12.0 Å². The SMILES string of the molecule is COc1cccc([C@H]2/C(=C(\O)c3ccc4ccccc4c3)C(=O)C(=O)N2c2cc(C)on2)c1. The molecule has 1 aromatic heterocycles. The first-order valence-corrected chi connectivity index (χ1v) is 10.4. The largest absolute Gasteiger partial charge is 0.507 e. The molecule has 1 aliphatic heterocycles. The Morgan fingerprint density at radius 3 is 2.52 bits per heavy atom. The second kappa shape index (κ2) is 7.94. The molecule has 7 heteroatoms. The van der Waals surface area contributed by atoms with Gasteiger partial charge in [-0.3, -0.25) is 14.5 Å². The summed E-state index contributed by atoms with van der Waals surface area (Å²) >= 11 is 0. The zero-order valence-electron chi connectivity index (χ0n) is 18.0. The van der Waals surface area contributed by atoms with Crippen LogP contribution in [-0.4, -0.2) is 29.1 Å². The van der Waals surface area contributed by atoms with E-state index in [0.717, 1.165) is 10.8 Å². The lowest BCUT2D eigenvalue weighted by Gasteiger charge is -2.23. The van der Waals surface area contributed by atoms with Gasteiger partial charge in [-0.05, 0) is 41.5 Å². The van der Waals surface area contributed by atoms with Gasteiger partial charge in [0, 0.05) is 11.6 Å². The number of hydrogen-bond acceptors (Lipinski definition) is 6. The topological polar surface area (TPSA) is 92.9 Å². The molecule has 1 N–H and O–H groups in total. The molecule has 0 aliphatic carbocycles. The van der Waals surface area contributed by atoms with Crippen LogP contribution in [0.1, 0.15) is 22.9 Å². The maximum Gasteiger partial charge on any atom is 0.301 e. The van der Waals surface area contributed by atoms with E-state index in [0.29, 0.717) is 22.6 Å². The van der Waals surface area contributed by atoms with Crippen molar-refractivity contribution in [3.8, 4) is 5.75 Å². The molecule has 4 aromatic rings. The first-order valence-electron chi connectivity index (χ1n) is 10.4. The van der Waals surface area contributed by atoms with E-state index in [1.807, 2.05) is 30.3 Å². The number of amides is 1. The molecule has 164 valence electrons. The molecule has 1 atom stereocenters. The van der Waals surface area contributed by atoms with Gasteiger partial charge < -0.3 is 14.4 Å². The second-order valence-electron chi connectivity index (χ2n) is 7.80. The highest BCUT2D eigenvalue weighted by Gasteiger charge is 2.48. The van der Waals surface area contributed by atoms with Gasteiger partial charge in [0.15, 0.2) is 5.82 Å². The fourth-order valence-corrected chi connectivity index (χ4v) is 4.15. The van der Waals surface area contributed by atoms with Crippen LogP contribution < -0.4 is 9.64 Å². The fourth-order valence-electron chi connectivity index (χ4n) is 4.15. The van der Waals surface area contributed by atoms with Gasteiger partial charge in [-0.2, -0.15) is 0 Å². The van der Waals surface area contributed by atoms with Gasteiger partial charge in [-0.25, -0.2) is 0 Å². The normalized spacial score (nSPS) is 17.6. The van der Waals surface area contributed by atoms with Gasteiger partial charge in [-0.15, -0.1) is 0 Å². The summed E-state index contributed by atoms with van der Waals surface area (Å²) in [5.74, 6) is -0.604. The fraction of sp³-hybridized carbons (Fsp3) is 0.115. The average molecular weight is 440 g/mol. The number of fused-ring (bicyclic) bond motifs is 1. The van der Waals surface area contributed by atoms with Crippen molar-refractivity contribution in [3.63, 3.8) is 0 Å². The van der Waals surface area contributed by atoms with E-state index in [2.05, 4.69) is 5.16 Å². The summed E-state index contributed by atoms with van der Waals surface area (Å²) in [6, 6.07) is 20.8. The number of hydrogen-bond donors (Lipinski definition) is 1. The molecular weight excluding hydrogens is 420 g/mol. The molecular formula is C26H20N2O5. The van der Waals surface area contributed by atoms with Crippen molar-refractivity contribution >= 4 is 34.0 Å². The summed E-state index contributed by atoms with van der Waals surface area (Å²) in [5, 5.41) is 17.2. The number of carbonyl (C=O) groups excluding carboxylic acids is 2. The first-order chi connectivity index (χ1) is 16.0. The zero-order valence-corrected chi connectivity index (χ0v) is 18.0.